The second kappa shape index (κ2) is 6.56. The van der Waals surface area contributed by atoms with Gasteiger partial charge in [0, 0.05) is 17.8 Å². The zero-order valence-electron chi connectivity index (χ0n) is 13.7. The standard InChI is InChI=1S/C17H11F2N3O5/c1-8(15(23)20-9-5-6-11(18)12(19)7-9)21-16(24)10-3-2-4-13(22(26)27)14(10)17(21)25/h2-8H,1H3,(H,20,23)/t8-/m0/s1. The van der Waals surface area contributed by atoms with Crippen molar-refractivity contribution in [1.29, 1.82) is 0 Å². The fraction of sp³-hybridized carbons (Fsp3) is 0.118. The Morgan fingerprint density at radius 2 is 1.85 bits per heavy atom. The van der Waals surface area contributed by atoms with Crippen LogP contribution in [0.1, 0.15) is 27.6 Å². The van der Waals surface area contributed by atoms with Crippen LogP contribution in [0.4, 0.5) is 20.2 Å². The van der Waals surface area contributed by atoms with Crippen LogP contribution in [0.25, 0.3) is 0 Å². The molecule has 2 aromatic carbocycles. The molecule has 0 aliphatic carbocycles. The number of carbonyl (C=O) groups is 3. The van der Waals surface area contributed by atoms with Crippen molar-refractivity contribution in [2.45, 2.75) is 13.0 Å². The van der Waals surface area contributed by atoms with Crippen molar-refractivity contribution in [3.05, 3.63) is 69.3 Å². The van der Waals surface area contributed by atoms with Gasteiger partial charge in [0.2, 0.25) is 5.91 Å². The number of halogens is 2. The number of hydrogen-bond donors (Lipinski definition) is 1. The van der Waals surface area contributed by atoms with Crippen molar-refractivity contribution in [1.82, 2.24) is 4.90 Å². The molecule has 1 heterocycles. The molecule has 0 fully saturated rings. The summed E-state index contributed by atoms with van der Waals surface area (Å²) in [5, 5.41) is 13.4. The summed E-state index contributed by atoms with van der Waals surface area (Å²) in [7, 11) is 0. The molecule has 0 bridgehead atoms. The molecule has 3 amide bonds. The lowest BCUT2D eigenvalue weighted by Crippen LogP contribution is -2.45. The van der Waals surface area contributed by atoms with Gasteiger partial charge in [-0.2, -0.15) is 0 Å². The Balaban J connectivity index is 1.88. The second-order valence-corrected chi connectivity index (χ2v) is 5.73. The van der Waals surface area contributed by atoms with Crippen molar-refractivity contribution < 1.29 is 28.1 Å². The van der Waals surface area contributed by atoms with Gasteiger partial charge in [0.15, 0.2) is 11.6 Å². The quantitative estimate of drug-likeness (QED) is 0.502. The van der Waals surface area contributed by atoms with Gasteiger partial charge >= 0.3 is 0 Å². The fourth-order valence-corrected chi connectivity index (χ4v) is 2.73. The molecule has 0 aromatic heterocycles. The number of carbonyl (C=O) groups excluding carboxylic acids is 3. The van der Waals surface area contributed by atoms with Gasteiger partial charge in [-0.15, -0.1) is 0 Å². The van der Waals surface area contributed by atoms with Crippen molar-refractivity contribution in [2.24, 2.45) is 0 Å². The number of amides is 3. The highest BCUT2D eigenvalue weighted by Crippen LogP contribution is 2.32. The number of anilines is 1. The van der Waals surface area contributed by atoms with Crippen LogP contribution in [0.3, 0.4) is 0 Å². The van der Waals surface area contributed by atoms with E-state index in [9.17, 15) is 33.3 Å². The van der Waals surface area contributed by atoms with Crippen LogP contribution >= 0.6 is 0 Å². The first kappa shape index (κ1) is 18.1. The highest BCUT2D eigenvalue weighted by molar-refractivity contribution is 6.24. The van der Waals surface area contributed by atoms with Gasteiger partial charge in [0.05, 0.1) is 10.5 Å². The topological polar surface area (TPSA) is 110 Å². The van der Waals surface area contributed by atoms with E-state index in [0.29, 0.717) is 4.90 Å². The molecule has 10 heteroatoms. The van der Waals surface area contributed by atoms with Gasteiger partial charge in [-0.3, -0.25) is 29.4 Å². The number of nitro benzene ring substituents is 1. The molecule has 8 nitrogen and oxygen atoms in total. The molecule has 1 N–H and O–H groups in total. The maximum atomic E-state index is 13.2. The largest absolute Gasteiger partial charge is 0.324 e. The summed E-state index contributed by atoms with van der Waals surface area (Å²) in [6.07, 6.45) is 0. The Kier molecular flexibility index (Phi) is 4.40. The molecule has 2 aromatic rings. The fourth-order valence-electron chi connectivity index (χ4n) is 2.73. The highest BCUT2D eigenvalue weighted by atomic mass is 19.2. The van der Waals surface area contributed by atoms with E-state index in [1.165, 1.54) is 19.1 Å². The van der Waals surface area contributed by atoms with Crippen LogP contribution in [0, 0.1) is 21.7 Å². The first-order valence-electron chi connectivity index (χ1n) is 7.63. The third-order valence-corrected chi connectivity index (χ3v) is 4.07. The molecule has 138 valence electrons. The van der Waals surface area contributed by atoms with Crippen LogP contribution < -0.4 is 5.32 Å². The molecule has 1 aliphatic heterocycles. The van der Waals surface area contributed by atoms with E-state index in [4.69, 9.17) is 0 Å². The molecular weight excluding hydrogens is 364 g/mol. The lowest BCUT2D eigenvalue weighted by molar-refractivity contribution is -0.385. The SMILES string of the molecule is C[C@@H](C(=O)Nc1ccc(F)c(F)c1)N1C(=O)c2cccc([N+](=O)[O-])c2C1=O. The smallest absolute Gasteiger partial charge is 0.282 e. The van der Waals surface area contributed by atoms with Crippen LogP contribution in [-0.2, 0) is 4.79 Å². The molecule has 0 saturated heterocycles. The van der Waals surface area contributed by atoms with E-state index in [0.717, 1.165) is 24.3 Å². The maximum absolute atomic E-state index is 13.2. The number of hydrogen-bond acceptors (Lipinski definition) is 5. The Hall–Kier alpha value is -3.69. The van der Waals surface area contributed by atoms with Gasteiger partial charge in [-0.25, -0.2) is 8.78 Å². The van der Waals surface area contributed by atoms with E-state index in [1.807, 2.05) is 0 Å². The molecule has 3 rings (SSSR count). The van der Waals surface area contributed by atoms with Crippen LogP contribution in [0.5, 0.6) is 0 Å². The number of fused-ring (bicyclic) bond motifs is 1. The van der Waals surface area contributed by atoms with E-state index in [-0.39, 0.29) is 16.8 Å². The molecular formula is C17H11F2N3O5. The summed E-state index contributed by atoms with van der Waals surface area (Å²) in [5.41, 5.74) is -1.18. The first-order valence-corrected chi connectivity index (χ1v) is 7.63. The molecule has 27 heavy (non-hydrogen) atoms. The first-order chi connectivity index (χ1) is 12.7. The number of nitrogens with zero attached hydrogens (tertiary/aromatic N) is 2. The average Bonchev–Trinajstić information content (AvgIpc) is 2.88. The molecule has 0 spiro atoms. The minimum absolute atomic E-state index is 0.0756. The maximum Gasteiger partial charge on any atom is 0.282 e. The number of nitro groups is 1. The van der Waals surface area contributed by atoms with Crippen LogP contribution in [0.2, 0.25) is 0 Å². The Labute approximate surface area is 150 Å². The number of benzene rings is 2. The zero-order valence-corrected chi connectivity index (χ0v) is 13.7. The van der Waals surface area contributed by atoms with Gasteiger partial charge < -0.3 is 5.32 Å². The molecule has 0 saturated carbocycles. The summed E-state index contributed by atoms with van der Waals surface area (Å²) >= 11 is 0. The summed E-state index contributed by atoms with van der Waals surface area (Å²) in [4.78, 5) is 48.3. The summed E-state index contributed by atoms with van der Waals surface area (Å²) in [6, 6.07) is 4.91. The minimum Gasteiger partial charge on any atom is -0.324 e. The summed E-state index contributed by atoms with van der Waals surface area (Å²) in [5.74, 6) is -4.97. The van der Waals surface area contributed by atoms with E-state index < -0.39 is 46.0 Å². The average molecular weight is 375 g/mol. The van der Waals surface area contributed by atoms with Gasteiger partial charge in [-0.05, 0) is 25.1 Å². The van der Waals surface area contributed by atoms with Gasteiger partial charge in [0.25, 0.3) is 17.5 Å². The Morgan fingerprint density at radius 3 is 2.48 bits per heavy atom. The van der Waals surface area contributed by atoms with Crippen molar-refractivity contribution in [2.75, 3.05) is 5.32 Å². The van der Waals surface area contributed by atoms with E-state index >= 15 is 0 Å². The lowest BCUT2D eigenvalue weighted by atomic mass is 10.1. The summed E-state index contributed by atoms with van der Waals surface area (Å²) in [6.45, 7) is 1.24. The lowest BCUT2D eigenvalue weighted by Gasteiger charge is -2.21. The summed E-state index contributed by atoms with van der Waals surface area (Å²) < 4.78 is 26.2. The predicted octanol–water partition coefficient (Wildman–Crippen LogP) is 2.50. The molecule has 1 atom stereocenters. The van der Waals surface area contributed by atoms with Gasteiger partial charge in [-0.1, -0.05) is 6.07 Å². The Bertz CT molecular complexity index is 1010. The minimum atomic E-state index is -1.34. The normalized spacial score (nSPS) is 14.1. The molecule has 0 radical (unpaired) electrons. The third-order valence-electron chi connectivity index (χ3n) is 4.07. The van der Waals surface area contributed by atoms with Crippen LogP contribution in [-0.4, -0.2) is 33.6 Å². The third kappa shape index (κ3) is 3.01. The monoisotopic (exact) mass is 375 g/mol. The molecule has 1 aliphatic rings. The van der Waals surface area contributed by atoms with Crippen molar-refractivity contribution in [3.63, 3.8) is 0 Å². The highest BCUT2D eigenvalue weighted by Gasteiger charge is 2.44. The van der Waals surface area contributed by atoms with E-state index in [1.54, 1.807) is 0 Å². The van der Waals surface area contributed by atoms with Crippen LogP contribution in [0.15, 0.2) is 36.4 Å². The number of nitrogens with one attached hydrogen (secondary N) is 1. The van der Waals surface area contributed by atoms with Crippen molar-refractivity contribution in [3.8, 4) is 0 Å². The van der Waals surface area contributed by atoms with Gasteiger partial charge in [0.1, 0.15) is 11.6 Å². The molecule has 0 unspecified atom stereocenters. The zero-order chi connectivity index (χ0) is 19.9. The Morgan fingerprint density at radius 1 is 1.15 bits per heavy atom. The second-order valence-electron chi connectivity index (χ2n) is 5.73. The number of imide groups is 1. The predicted molar refractivity (Wildman–Crippen MR) is 88.0 cm³/mol. The van der Waals surface area contributed by atoms with E-state index in [2.05, 4.69) is 5.32 Å². The number of rotatable bonds is 4. The van der Waals surface area contributed by atoms with Crippen molar-refractivity contribution >= 4 is 29.1 Å².